The largest absolute Gasteiger partial charge is 0.497 e. The molecule has 134 heavy (non-hydrogen) atoms. The summed E-state index contributed by atoms with van der Waals surface area (Å²) in [6.45, 7) is 14.6. The third-order valence-corrected chi connectivity index (χ3v) is 27.9. The number of methoxy groups -OCH3 is 1. The van der Waals surface area contributed by atoms with Crippen LogP contribution in [0.4, 0.5) is 0 Å². The first-order valence-electron chi connectivity index (χ1n) is 55.8. The van der Waals surface area contributed by atoms with E-state index in [-0.39, 0.29) is 52.0 Å². The van der Waals surface area contributed by atoms with Gasteiger partial charge in [-0.3, -0.25) is 19.2 Å². The van der Waals surface area contributed by atoms with E-state index < -0.39 is 97.1 Å². The lowest BCUT2D eigenvalue weighted by Gasteiger charge is -2.49. The van der Waals surface area contributed by atoms with Crippen LogP contribution < -0.4 is 4.74 Å². The molecule has 0 spiro atoms. The van der Waals surface area contributed by atoms with Crippen LogP contribution in [0.15, 0.2) is 115 Å². The zero-order chi connectivity index (χ0) is 95.4. The first-order chi connectivity index (χ1) is 65.8. The Labute approximate surface area is 817 Å². The maximum atomic E-state index is 15.5. The summed E-state index contributed by atoms with van der Waals surface area (Å²) in [6.07, 6.45) is 61.5. The van der Waals surface area contributed by atoms with Crippen LogP contribution in [0.2, 0.25) is 0 Å². The number of esters is 4. The van der Waals surface area contributed by atoms with Gasteiger partial charge in [-0.2, -0.15) is 0 Å². The van der Waals surface area contributed by atoms with Crippen LogP contribution in [-0.2, 0) is 97.7 Å². The van der Waals surface area contributed by atoms with Crippen molar-refractivity contribution in [3.8, 4) is 5.75 Å². The fraction of sp³-hybridized carbons (Fsp3) is 0.763. The van der Waals surface area contributed by atoms with Crippen molar-refractivity contribution in [1.29, 1.82) is 0 Å². The average molecular weight is 1870 g/mol. The Morgan fingerprint density at radius 3 is 0.828 bits per heavy atom. The van der Waals surface area contributed by atoms with Crippen molar-refractivity contribution >= 4 is 23.9 Å². The normalized spacial score (nSPS) is 19.1. The maximum absolute atomic E-state index is 15.5. The van der Waals surface area contributed by atoms with E-state index in [0.29, 0.717) is 31.4 Å². The van der Waals surface area contributed by atoms with Gasteiger partial charge in [0.25, 0.3) is 0 Å². The second-order valence-electron chi connectivity index (χ2n) is 40.0. The van der Waals surface area contributed by atoms with Crippen LogP contribution in [0.25, 0.3) is 0 Å². The Kier molecular flexibility index (Phi) is 69.0. The van der Waals surface area contributed by atoms with Gasteiger partial charge >= 0.3 is 23.9 Å². The van der Waals surface area contributed by atoms with Gasteiger partial charge in [0.05, 0.1) is 51.3 Å². The van der Waals surface area contributed by atoms with Crippen LogP contribution in [0.1, 0.15) is 475 Å². The Bertz CT molecular complexity index is 3400. The Hall–Kier alpha value is -5.72. The molecule has 0 aromatic heterocycles. The molecule has 16 nitrogen and oxygen atoms in total. The van der Waals surface area contributed by atoms with Gasteiger partial charge in [-0.25, -0.2) is 0 Å². The molecular weight excluding hydrogens is 1670 g/mol. The molecule has 0 radical (unpaired) electrons. The molecule has 6 rings (SSSR count). The van der Waals surface area contributed by atoms with Gasteiger partial charge in [-0.15, -0.1) is 0 Å². The third-order valence-electron chi connectivity index (χ3n) is 27.9. The van der Waals surface area contributed by atoms with E-state index in [1.165, 1.54) is 283 Å². The first-order valence-corrected chi connectivity index (χ1v) is 55.8. The monoisotopic (exact) mass is 1870 g/mol. The summed E-state index contributed by atoms with van der Waals surface area (Å²) in [5.41, 5.74) is 3.41. The number of benzene rings is 4. The highest BCUT2D eigenvalue weighted by atomic mass is 16.8. The molecule has 2 aliphatic heterocycles. The van der Waals surface area contributed by atoms with E-state index >= 15 is 9.59 Å². The lowest BCUT2D eigenvalue weighted by atomic mass is 9.96. The van der Waals surface area contributed by atoms with Crippen molar-refractivity contribution in [3.63, 3.8) is 0 Å². The molecule has 0 amide bonds. The molecule has 2 heterocycles. The molecule has 2 fully saturated rings. The molecular formula is C118H194O16. The van der Waals surface area contributed by atoms with Crippen LogP contribution in [-0.4, -0.2) is 106 Å². The minimum absolute atomic E-state index is 0.0249. The van der Waals surface area contributed by atoms with Gasteiger partial charge in [-0.1, -0.05) is 524 Å². The van der Waals surface area contributed by atoms with Crippen molar-refractivity contribution in [2.75, 3.05) is 20.3 Å². The zero-order valence-electron chi connectivity index (χ0n) is 86.3. The van der Waals surface area contributed by atoms with E-state index in [9.17, 15) is 9.59 Å². The van der Waals surface area contributed by atoms with Crippen LogP contribution in [0.5, 0.6) is 5.75 Å². The average Bonchev–Trinajstić information content (AvgIpc) is 0.764. The molecule has 0 unspecified atom stereocenters. The Morgan fingerprint density at radius 1 is 0.269 bits per heavy atom. The maximum Gasteiger partial charge on any atom is 0.309 e. The summed E-state index contributed by atoms with van der Waals surface area (Å²) in [6, 6.07) is 37.2. The molecule has 2 saturated heterocycles. The second kappa shape index (κ2) is 79.0. The number of hydrogen-bond donors (Lipinski definition) is 0. The number of hydrogen-bond acceptors (Lipinski definition) is 16. The molecule has 762 valence electrons. The summed E-state index contributed by atoms with van der Waals surface area (Å²) in [5.74, 6) is -2.53. The van der Waals surface area contributed by atoms with E-state index in [1.807, 2.05) is 136 Å². The molecule has 2 aliphatic rings. The third kappa shape index (κ3) is 54.2. The smallest absolute Gasteiger partial charge is 0.309 e. The summed E-state index contributed by atoms with van der Waals surface area (Å²) in [7, 11) is 1.63. The number of unbranched alkanes of at least 4 members (excludes halogenated alkanes) is 55. The fourth-order valence-corrected chi connectivity index (χ4v) is 19.0. The number of ether oxygens (including phenoxy) is 12. The lowest BCUT2D eigenvalue weighted by Crippen LogP contribution is -2.66. The van der Waals surface area contributed by atoms with Gasteiger partial charge in [0, 0.05) is 6.42 Å². The fourth-order valence-electron chi connectivity index (χ4n) is 19.0. The van der Waals surface area contributed by atoms with Gasteiger partial charge in [0.2, 0.25) is 6.29 Å². The van der Waals surface area contributed by atoms with Crippen molar-refractivity contribution in [2.45, 2.75) is 541 Å². The minimum atomic E-state index is -1.62. The topological polar surface area (TPSA) is 179 Å². The van der Waals surface area contributed by atoms with E-state index in [0.717, 1.165) is 112 Å². The second-order valence-corrected chi connectivity index (χ2v) is 40.0. The van der Waals surface area contributed by atoms with Crippen molar-refractivity contribution in [2.24, 2.45) is 17.8 Å². The summed E-state index contributed by atoms with van der Waals surface area (Å²) in [4.78, 5) is 60.3. The van der Waals surface area contributed by atoms with Gasteiger partial charge < -0.3 is 56.8 Å². The molecule has 0 N–H and O–H groups in total. The number of carbonyl (C=O) groups is 4. The van der Waals surface area contributed by atoms with E-state index in [4.69, 9.17) is 56.8 Å². The Balaban J connectivity index is 1.35. The highest BCUT2D eigenvalue weighted by molar-refractivity contribution is 5.73. The Morgan fingerprint density at radius 2 is 0.522 bits per heavy atom. The summed E-state index contributed by atoms with van der Waals surface area (Å²) >= 11 is 0. The number of carbonyl (C=O) groups excluding carboxylic acids is 4. The van der Waals surface area contributed by atoms with E-state index in [2.05, 4.69) is 27.7 Å². The molecule has 4 aromatic rings. The SMILES string of the molecule is CCCCCCCCCCCCCCCCCC[C@H](C)C(=O)OC[C@H]1O[C@H](O[C@H]2O[C@H](COC(=O)[C@@H](C)CCCCCCCCCCCCCCCCCC)[C@@H](OCc3ccccc3)[C@H](OC(=O)[C@@H](C)CCCCCCCCCCCCCCCC)[C@H]2OC(=O)CCCCCCCCCCCCCCC)[C@H](OCc2ccc(OC)cc2)[C@@H](OCc2ccccc2)[C@@H]1OCc1ccccc1. The molecule has 0 bridgehead atoms. The first kappa shape index (κ1) is 117. The van der Waals surface area contributed by atoms with Crippen LogP contribution in [0.3, 0.4) is 0 Å². The number of rotatable bonds is 87. The van der Waals surface area contributed by atoms with Crippen molar-refractivity contribution in [1.82, 2.24) is 0 Å². The molecule has 4 aromatic carbocycles. The van der Waals surface area contributed by atoms with Gasteiger partial charge in [0.15, 0.2) is 18.5 Å². The highest BCUT2D eigenvalue weighted by Gasteiger charge is 2.57. The van der Waals surface area contributed by atoms with E-state index in [1.54, 1.807) is 7.11 Å². The van der Waals surface area contributed by atoms with Crippen molar-refractivity contribution < 1.29 is 76.0 Å². The quantitative estimate of drug-likeness (QED) is 0.0231. The van der Waals surface area contributed by atoms with Crippen LogP contribution >= 0.6 is 0 Å². The zero-order valence-corrected chi connectivity index (χ0v) is 86.3. The minimum Gasteiger partial charge on any atom is -0.497 e. The summed E-state index contributed by atoms with van der Waals surface area (Å²) in [5, 5.41) is 0. The highest BCUT2D eigenvalue weighted by Crippen LogP contribution is 2.39. The molecule has 0 saturated carbocycles. The van der Waals surface area contributed by atoms with Crippen molar-refractivity contribution in [3.05, 3.63) is 138 Å². The van der Waals surface area contributed by atoms with Gasteiger partial charge in [0.1, 0.15) is 55.6 Å². The standard InChI is InChI=1S/C118H194O16/c1-9-13-17-21-25-29-33-37-40-42-46-48-52-56-60-67-77-97(5)114(120)128-95-105-108(124-91-100-80-70-64-71-81-100)110(126-93-102-84-74-66-75-85-102)112(127-94-103-87-89-104(123-8)90-88-103)117(130-105)134-118-113(132-107(119)86-76-63-59-55-51-44-36-32-28-24-20-16-12-4)111(133-116(122)99(7)79-69-62-58-54-50-45-39-35-31-27-23-19-15-11-3)109(125-92-101-82-72-65-73-83-101)106(131-118)96-129-115(121)98(6)78-68-61-57-53-49-47-43-41-38-34-30-26-22-18-14-10-2/h64-66,70-75,80-85,87-90,97-99,105-106,108-113,117-118H,9-63,67-69,76-79,86,91-96H2,1-8H3/t97-,98-,99-,105+,106+,108+,109+,110-,111-,112+,113+,117+,118+/m0/s1. The predicted molar refractivity (Wildman–Crippen MR) is 548 cm³/mol. The molecule has 13 atom stereocenters. The molecule has 0 aliphatic carbocycles. The van der Waals surface area contributed by atoms with Gasteiger partial charge in [-0.05, 0) is 60.1 Å². The molecule has 16 heteroatoms. The predicted octanol–water partition coefficient (Wildman–Crippen LogP) is 32.3. The van der Waals surface area contributed by atoms with Crippen LogP contribution in [0, 0.1) is 17.8 Å². The summed E-state index contributed by atoms with van der Waals surface area (Å²) < 4.78 is 83.8. The lowest BCUT2D eigenvalue weighted by molar-refractivity contribution is -0.388.